The van der Waals surface area contributed by atoms with E-state index in [0.717, 1.165) is 4.47 Å². The molecule has 0 heterocycles. The van der Waals surface area contributed by atoms with Gasteiger partial charge in [-0.25, -0.2) is 14.2 Å². The molecule has 0 amide bonds. The number of nitrogens with one attached hydrogen (secondary N) is 1. The second-order valence-corrected chi connectivity index (χ2v) is 5.70. The molecule has 1 atom stereocenters. The van der Waals surface area contributed by atoms with Crippen molar-refractivity contribution in [3.8, 4) is 0 Å². The van der Waals surface area contributed by atoms with Crippen molar-refractivity contribution in [2.24, 2.45) is 5.84 Å². The Labute approximate surface area is 126 Å². The summed E-state index contributed by atoms with van der Waals surface area (Å²) in [5.74, 6) is 4.68. The van der Waals surface area contributed by atoms with Gasteiger partial charge in [0.1, 0.15) is 11.6 Å². The lowest BCUT2D eigenvalue weighted by atomic mass is 9.99. The van der Waals surface area contributed by atoms with Crippen LogP contribution in [0.3, 0.4) is 0 Å². The molecule has 2 nitrogen and oxygen atoms in total. The van der Waals surface area contributed by atoms with Crippen LogP contribution in [0.5, 0.6) is 0 Å². The van der Waals surface area contributed by atoms with Gasteiger partial charge in [0.25, 0.3) is 0 Å². The molecule has 0 bridgehead atoms. The van der Waals surface area contributed by atoms with Gasteiger partial charge in [-0.2, -0.15) is 0 Å². The highest BCUT2D eigenvalue weighted by molar-refractivity contribution is 9.10. The Hall–Kier alpha value is -0.820. The molecule has 2 aromatic rings. The molecule has 0 spiro atoms. The lowest BCUT2D eigenvalue weighted by molar-refractivity contribution is 0.554. The molecule has 0 aromatic heterocycles. The largest absolute Gasteiger partial charge is 0.271 e. The third-order valence-corrected chi connectivity index (χ3v) is 3.92. The molecule has 3 N–H and O–H groups in total. The molecule has 0 aliphatic carbocycles. The first-order chi connectivity index (χ1) is 9.02. The van der Waals surface area contributed by atoms with Gasteiger partial charge in [0.05, 0.1) is 6.04 Å². The molecule has 2 aromatic carbocycles. The molecular weight excluding hydrogens is 382 g/mol. The van der Waals surface area contributed by atoms with Crippen LogP contribution in [-0.2, 0) is 0 Å². The van der Waals surface area contributed by atoms with Gasteiger partial charge in [-0.15, -0.1) is 0 Å². The lowest BCUT2D eigenvalue weighted by Crippen LogP contribution is -2.30. The molecule has 0 fully saturated rings. The molecule has 0 aliphatic rings. The first-order valence-corrected chi connectivity index (χ1v) is 6.97. The zero-order valence-electron chi connectivity index (χ0n) is 9.63. The summed E-state index contributed by atoms with van der Waals surface area (Å²) in [6, 6.07) is 8.07. The van der Waals surface area contributed by atoms with Crippen molar-refractivity contribution in [2.45, 2.75) is 6.04 Å². The number of halogens is 4. The number of hydrogen-bond donors (Lipinski definition) is 2. The maximum atomic E-state index is 13.9. The second-order valence-electron chi connectivity index (χ2n) is 3.93. The smallest absolute Gasteiger partial charge is 0.128 e. The third kappa shape index (κ3) is 3.20. The Morgan fingerprint density at radius 3 is 2.42 bits per heavy atom. The highest BCUT2D eigenvalue weighted by Gasteiger charge is 2.20. The zero-order valence-corrected chi connectivity index (χ0v) is 12.8. The van der Waals surface area contributed by atoms with Crippen LogP contribution in [0, 0.1) is 11.6 Å². The van der Waals surface area contributed by atoms with Crippen molar-refractivity contribution in [2.75, 3.05) is 0 Å². The minimum atomic E-state index is -0.650. The number of hydrazine groups is 1. The number of rotatable bonds is 3. The Kier molecular flexibility index (Phi) is 4.67. The summed E-state index contributed by atoms with van der Waals surface area (Å²) in [5, 5.41) is 0. The molecule has 0 saturated heterocycles. The minimum absolute atomic E-state index is 0.336. The normalized spacial score (nSPS) is 12.5. The quantitative estimate of drug-likeness (QED) is 0.612. The third-order valence-electron chi connectivity index (χ3n) is 2.70. The monoisotopic (exact) mass is 390 g/mol. The maximum absolute atomic E-state index is 13.9. The fourth-order valence-corrected chi connectivity index (χ4v) is 2.67. The van der Waals surface area contributed by atoms with E-state index in [1.807, 2.05) is 0 Å². The molecule has 2 rings (SSSR count). The predicted octanol–water partition coefficient (Wildman–Crippen LogP) is 4.04. The average Bonchev–Trinajstić information content (AvgIpc) is 2.38. The summed E-state index contributed by atoms with van der Waals surface area (Å²) >= 11 is 6.59. The second kappa shape index (κ2) is 6.09. The summed E-state index contributed by atoms with van der Waals surface area (Å²) in [6.07, 6.45) is 0. The van der Waals surface area contributed by atoms with E-state index in [1.54, 1.807) is 18.2 Å². The van der Waals surface area contributed by atoms with E-state index in [2.05, 4.69) is 37.3 Å². The number of nitrogens with two attached hydrogens (primary N) is 1. The van der Waals surface area contributed by atoms with Crippen molar-refractivity contribution in [1.82, 2.24) is 5.43 Å². The van der Waals surface area contributed by atoms with Crippen molar-refractivity contribution >= 4 is 31.9 Å². The van der Waals surface area contributed by atoms with E-state index >= 15 is 0 Å². The van der Waals surface area contributed by atoms with Gasteiger partial charge in [0.15, 0.2) is 0 Å². The van der Waals surface area contributed by atoms with Crippen LogP contribution in [0.4, 0.5) is 8.78 Å². The predicted molar refractivity (Wildman–Crippen MR) is 77.4 cm³/mol. The standard InChI is InChI=1S/C13H10Br2F2N2/c14-7-1-4-12(17)10(5-7)13(19-18)9-6-8(16)2-3-11(9)15/h1-6,13,19H,18H2. The van der Waals surface area contributed by atoms with E-state index in [-0.39, 0.29) is 0 Å². The molecule has 1 unspecified atom stereocenters. The molecule has 6 heteroatoms. The van der Waals surface area contributed by atoms with Crippen LogP contribution in [-0.4, -0.2) is 0 Å². The molecular formula is C13H10Br2F2N2. The van der Waals surface area contributed by atoms with Crippen LogP contribution in [0.1, 0.15) is 17.2 Å². The maximum Gasteiger partial charge on any atom is 0.128 e. The Balaban J connectivity index is 2.55. The Morgan fingerprint density at radius 1 is 1.00 bits per heavy atom. The Morgan fingerprint density at radius 2 is 1.74 bits per heavy atom. The van der Waals surface area contributed by atoms with E-state index in [9.17, 15) is 8.78 Å². The van der Waals surface area contributed by atoms with Gasteiger partial charge >= 0.3 is 0 Å². The average molecular weight is 392 g/mol. The minimum Gasteiger partial charge on any atom is -0.271 e. The molecule has 19 heavy (non-hydrogen) atoms. The summed E-state index contributed by atoms with van der Waals surface area (Å²) < 4.78 is 28.6. The van der Waals surface area contributed by atoms with E-state index in [0.29, 0.717) is 15.6 Å². The van der Waals surface area contributed by atoms with Crippen molar-refractivity contribution in [1.29, 1.82) is 0 Å². The fourth-order valence-electron chi connectivity index (χ4n) is 1.82. The highest BCUT2D eigenvalue weighted by Crippen LogP contribution is 2.31. The van der Waals surface area contributed by atoms with Crippen molar-refractivity contribution in [3.05, 3.63) is 68.1 Å². The summed E-state index contributed by atoms with van der Waals surface area (Å²) in [5.41, 5.74) is 3.38. The van der Waals surface area contributed by atoms with E-state index < -0.39 is 17.7 Å². The number of benzene rings is 2. The van der Waals surface area contributed by atoms with Gasteiger partial charge in [0.2, 0.25) is 0 Å². The Bertz CT molecular complexity index is 554. The van der Waals surface area contributed by atoms with Crippen LogP contribution in [0.25, 0.3) is 0 Å². The van der Waals surface area contributed by atoms with Gasteiger partial charge < -0.3 is 0 Å². The van der Waals surface area contributed by atoms with E-state index in [1.165, 1.54) is 18.2 Å². The van der Waals surface area contributed by atoms with Gasteiger partial charge in [-0.05, 0) is 42.0 Å². The summed E-state index contributed by atoms with van der Waals surface area (Å²) in [6.45, 7) is 0. The molecule has 0 aliphatic heterocycles. The number of hydrogen-bond acceptors (Lipinski definition) is 2. The molecule has 0 saturated carbocycles. The first kappa shape index (κ1) is 14.6. The highest BCUT2D eigenvalue weighted by atomic mass is 79.9. The van der Waals surface area contributed by atoms with Gasteiger partial charge in [-0.1, -0.05) is 31.9 Å². The van der Waals surface area contributed by atoms with Crippen molar-refractivity contribution < 1.29 is 8.78 Å². The lowest BCUT2D eigenvalue weighted by Gasteiger charge is -2.19. The first-order valence-electron chi connectivity index (χ1n) is 5.39. The molecule has 100 valence electrons. The van der Waals surface area contributed by atoms with Crippen LogP contribution in [0.15, 0.2) is 45.3 Å². The fraction of sp³-hybridized carbons (Fsp3) is 0.0769. The van der Waals surface area contributed by atoms with Gasteiger partial charge in [0, 0.05) is 14.5 Å². The van der Waals surface area contributed by atoms with Crippen LogP contribution >= 0.6 is 31.9 Å². The summed E-state index contributed by atoms with van der Waals surface area (Å²) in [4.78, 5) is 0. The zero-order chi connectivity index (χ0) is 14.0. The van der Waals surface area contributed by atoms with Crippen molar-refractivity contribution in [3.63, 3.8) is 0 Å². The van der Waals surface area contributed by atoms with Crippen LogP contribution < -0.4 is 11.3 Å². The van der Waals surface area contributed by atoms with Gasteiger partial charge in [-0.3, -0.25) is 5.84 Å². The molecule has 0 radical (unpaired) electrons. The summed E-state index contributed by atoms with van der Waals surface area (Å²) in [7, 11) is 0. The van der Waals surface area contributed by atoms with E-state index in [4.69, 9.17) is 5.84 Å². The topological polar surface area (TPSA) is 38.0 Å². The SMILES string of the molecule is NNC(c1cc(Br)ccc1F)c1cc(F)ccc1Br. The van der Waals surface area contributed by atoms with Crippen LogP contribution in [0.2, 0.25) is 0 Å².